The van der Waals surface area contributed by atoms with E-state index < -0.39 is 25.9 Å². The van der Waals surface area contributed by atoms with Crippen molar-refractivity contribution in [1.82, 2.24) is 0 Å². The van der Waals surface area contributed by atoms with Gasteiger partial charge in [-0.05, 0) is 25.1 Å². The van der Waals surface area contributed by atoms with Crippen LogP contribution in [-0.4, -0.2) is 38.8 Å². The Kier molecular flexibility index (Phi) is 6.72. The number of rotatable bonds is 7. The van der Waals surface area contributed by atoms with Crippen molar-refractivity contribution in [2.45, 2.75) is 63.9 Å². The van der Waals surface area contributed by atoms with Crippen molar-refractivity contribution < 1.29 is 18.8 Å². The molecule has 1 aromatic rings. The second kappa shape index (κ2) is 7.80. The molecule has 0 saturated carbocycles. The largest absolute Gasteiger partial charge is 0.468 e. The van der Waals surface area contributed by atoms with Gasteiger partial charge in [0.25, 0.3) is 0 Å². The van der Waals surface area contributed by atoms with Gasteiger partial charge in [0.15, 0.2) is 14.1 Å². The maximum atomic E-state index is 12.6. The van der Waals surface area contributed by atoms with Crippen molar-refractivity contribution in [3.63, 3.8) is 0 Å². The monoisotopic (exact) mass is 365 g/mol. The standard InChI is InChI=1S/C19H31NO4Si/c1-14(24-25(6,7)18(2,3)4)19(20,17(22)23-5)13-16(21)15-11-9-8-10-12-15/h8-12,14H,13,20H2,1-7H3. The zero-order valence-electron chi connectivity index (χ0n) is 16.4. The summed E-state index contributed by atoms with van der Waals surface area (Å²) >= 11 is 0. The third-order valence-electron chi connectivity index (χ3n) is 5.12. The Labute approximate surface area is 152 Å². The van der Waals surface area contributed by atoms with E-state index in [0.29, 0.717) is 5.56 Å². The average molecular weight is 366 g/mol. The molecule has 0 spiro atoms. The smallest absolute Gasteiger partial charge is 0.328 e. The van der Waals surface area contributed by atoms with Gasteiger partial charge >= 0.3 is 5.97 Å². The van der Waals surface area contributed by atoms with Crippen molar-refractivity contribution >= 4 is 20.1 Å². The lowest BCUT2D eigenvalue weighted by atomic mass is 9.87. The molecule has 1 rings (SSSR count). The number of ether oxygens (including phenoxy) is 1. The molecule has 0 heterocycles. The Hall–Kier alpha value is -1.50. The van der Waals surface area contributed by atoms with Crippen LogP contribution in [0.25, 0.3) is 0 Å². The van der Waals surface area contributed by atoms with Gasteiger partial charge in [0.05, 0.1) is 13.2 Å². The van der Waals surface area contributed by atoms with Gasteiger partial charge in [-0.25, -0.2) is 4.79 Å². The number of benzene rings is 1. The van der Waals surface area contributed by atoms with E-state index in [-0.39, 0.29) is 17.2 Å². The van der Waals surface area contributed by atoms with Crippen LogP contribution in [0, 0.1) is 0 Å². The first-order valence-corrected chi connectivity index (χ1v) is 11.4. The lowest BCUT2D eigenvalue weighted by Crippen LogP contribution is -2.61. The van der Waals surface area contributed by atoms with Crippen molar-refractivity contribution in [2.24, 2.45) is 5.73 Å². The molecule has 140 valence electrons. The summed E-state index contributed by atoms with van der Waals surface area (Å²) < 4.78 is 11.2. The molecule has 0 aliphatic heterocycles. The van der Waals surface area contributed by atoms with Crippen molar-refractivity contribution in [3.05, 3.63) is 35.9 Å². The Morgan fingerprint density at radius 3 is 2.12 bits per heavy atom. The summed E-state index contributed by atoms with van der Waals surface area (Å²) in [6.07, 6.45) is -0.812. The maximum absolute atomic E-state index is 12.6. The minimum Gasteiger partial charge on any atom is -0.468 e. The molecule has 0 aliphatic rings. The average Bonchev–Trinajstić information content (AvgIpc) is 2.53. The third kappa shape index (κ3) is 5.00. The molecule has 5 nitrogen and oxygen atoms in total. The summed E-state index contributed by atoms with van der Waals surface area (Å²) in [6, 6.07) is 8.80. The first-order valence-electron chi connectivity index (χ1n) is 8.48. The van der Waals surface area contributed by atoms with Crippen molar-refractivity contribution in [3.8, 4) is 0 Å². The summed E-state index contributed by atoms with van der Waals surface area (Å²) in [5.74, 6) is -0.845. The highest BCUT2D eigenvalue weighted by atomic mass is 28.4. The van der Waals surface area contributed by atoms with Crippen LogP contribution in [0.1, 0.15) is 44.5 Å². The highest BCUT2D eigenvalue weighted by molar-refractivity contribution is 6.74. The number of Topliss-reactive ketones (excluding diaryl/α,β-unsaturated/α-hetero) is 1. The van der Waals surface area contributed by atoms with Crippen LogP contribution < -0.4 is 5.73 Å². The third-order valence-corrected chi connectivity index (χ3v) is 9.67. The zero-order chi connectivity index (χ0) is 19.5. The van der Waals surface area contributed by atoms with Gasteiger partial charge in [0, 0.05) is 12.0 Å². The molecule has 2 N–H and O–H groups in total. The van der Waals surface area contributed by atoms with E-state index in [1.165, 1.54) is 7.11 Å². The molecule has 0 bridgehead atoms. The quantitative estimate of drug-likeness (QED) is 0.454. The minimum absolute atomic E-state index is 0.0400. The number of ketones is 1. The molecule has 2 atom stereocenters. The topological polar surface area (TPSA) is 78.6 Å². The molecule has 2 unspecified atom stereocenters. The van der Waals surface area contributed by atoms with Crippen LogP contribution >= 0.6 is 0 Å². The molecule has 0 radical (unpaired) electrons. The Morgan fingerprint density at radius 1 is 1.16 bits per heavy atom. The van der Waals surface area contributed by atoms with E-state index in [9.17, 15) is 9.59 Å². The second-order valence-corrected chi connectivity index (χ2v) is 12.8. The Balaban J connectivity index is 3.10. The summed E-state index contributed by atoms with van der Waals surface area (Å²) in [7, 11) is -0.892. The molecule has 0 fully saturated rings. The molecule has 0 aromatic heterocycles. The van der Waals surface area contributed by atoms with E-state index >= 15 is 0 Å². The predicted octanol–water partition coefficient (Wildman–Crippen LogP) is 3.54. The van der Waals surface area contributed by atoms with Gasteiger partial charge in [0.2, 0.25) is 0 Å². The molecule has 1 aromatic carbocycles. The van der Waals surface area contributed by atoms with E-state index in [1.54, 1.807) is 31.2 Å². The molecule has 6 heteroatoms. The Morgan fingerprint density at radius 2 is 1.68 bits per heavy atom. The number of esters is 1. The van der Waals surface area contributed by atoms with E-state index in [2.05, 4.69) is 33.9 Å². The fourth-order valence-electron chi connectivity index (χ4n) is 2.29. The van der Waals surface area contributed by atoms with Gasteiger partial charge in [-0.1, -0.05) is 51.1 Å². The molecule has 25 heavy (non-hydrogen) atoms. The van der Waals surface area contributed by atoms with Crippen LogP contribution in [0.2, 0.25) is 18.1 Å². The molecule has 0 amide bonds. The second-order valence-electron chi connectivity index (χ2n) is 8.02. The molecule has 0 aliphatic carbocycles. The van der Waals surface area contributed by atoms with Crippen molar-refractivity contribution in [1.29, 1.82) is 0 Å². The van der Waals surface area contributed by atoms with Crippen LogP contribution in [-0.2, 0) is 14.0 Å². The van der Waals surface area contributed by atoms with Gasteiger partial charge in [-0.15, -0.1) is 0 Å². The Bertz CT molecular complexity index is 610. The van der Waals surface area contributed by atoms with Gasteiger partial charge in [-0.3, -0.25) is 4.79 Å². The van der Waals surface area contributed by atoms with Crippen LogP contribution in [0.15, 0.2) is 30.3 Å². The fourth-order valence-corrected chi connectivity index (χ4v) is 3.74. The number of carbonyl (C=O) groups is 2. The molecular weight excluding hydrogens is 334 g/mol. The summed E-state index contributed by atoms with van der Waals surface area (Å²) in [6.45, 7) is 12.2. The lowest BCUT2D eigenvalue weighted by molar-refractivity contribution is -0.150. The first-order chi connectivity index (χ1) is 11.3. The van der Waals surface area contributed by atoms with Crippen LogP contribution in [0.4, 0.5) is 0 Å². The normalized spacial score (nSPS) is 16.0. The number of hydrogen-bond acceptors (Lipinski definition) is 5. The number of methoxy groups -OCH3 is 1. The van der Waals surface area contributed by atoms with Gasteiger partial charge in [0.1, 0.15) is 5.54 Å². The van der Waals surface area contributed by atoms with Crippen LogP contribution in [0.5, 0.6) is 0 Å². The highest BCUT2D eigenvalue weighted by Crippen LogP contribution is 2.38. The molecular formula is C19H31NO4Si. The van der Waals surface area contributed by atoms with Gasteiger partial charge < -0.3 is 14.9 Å². The fraction of sp³-hybridized carbons (Fsp3) is 0.579. The number of hydrogen-bond donors (Lipinski definition) is 1. The van der Waals surface area contributed by atoms with E-state index in [1.807, 2.05) is 6.07 Å². The number of nitrogens with two attached hydrogens (primary N) is 1. The lowest BCUT2D eigenvalue weighted by Gasteiger charge is -2.42. The van der Waals surface area contributed by atoms with E-state index in [4.69, 9.17) is 14.9 Å². The molecule has 0 saturated heterocycles. The minimum atomic E-state index is -2.17. The van der Waals surface area contributed by atoms with Crippen LogP contribution in [0.3, 0.4) is 0 Å². The van der Waals surface area contributed by atoms with Crippen molar-refractivity contribution in [2.75, 3.05) is 7.11 Å². The number of carbonyl (C=O) groups excluding carboxylic acids is 2. The summed E-state index contributed by atoms with van der Waals surface area (Å²) in [5.41, 5.74) is 5.37. The SMILES string of the molecule is COC(=O)C(N)(CC(=O)c1ccccc1)C(C)O[Si](C)(C)C(C)(C)C. The maximum Gasteiger partial charge on any atom is 0.328 e. The van der Waals surface area contributed by atoms with E-state index in [0.717, 1.165) is 0 Å². The first kappa shape index (κ1) is 21.5. The zero-order valence-corrected chi connectivity index (χ0v) is 17.4. The summed E-state index contributed by atoms with van der Waals surface area (Å²) in [5, 5.41) is -0.0400. The summed E-state index contributed by atoms with van der Waals surface area (Å²) in [4.78, 5) is 25.0. The van der Waals surface area contributed by atoms with Gasteiger partial charge in [-0.2, -0.15) is 0 Å². The highest BCUT2D eigenvalue weighted by Gasteiger charge is 2.48. The predicted molar refractivity (Wildman–Crippen MR) is 102 cm³/mol.